The summed E-state index contributed by atoms with van der Waals surface area (Å²) in [5.74, 6) is 2.26. The molecular weight excluding hydrogens is 372 g/mol. The predicted octanol–water partition coefficient (Wildman–Crippen LogP) is 4.64. The molecule has 7 rings (SSSR count). The zero-order chi connectivity index (χ0) is 20.0. The molecule has 156 valence electrons. The predicted molar refractivity (Wildman–Crippen MR) is 115 cm³/mol. The number of phenolic OH excluding ortho intramolecular Hbond substituents is 1. The number of phenols is 1. The van der Waals surface area contributed by atoms with E-state index in [1.54, 1.807) is 0 Å². The van der Waals surface area contributed by atoms with Gasteiger partial charge in [-0.15, -0.1) is 0 Å². The van der Waals surface area contributed by atoms with Crippen LogP contribution in [0.1, 0.15) is 78.5 Å². The summed E-state index contributed by atoms with van der Waals surface area (Å²) in [7, 11) is 2.29. The van der Waals surface area contributed by atoms with Gasteiger partial charge >= 0.3 is 0 Å². The minimum atomic E-state index is -0.0507. The highest BCUT2D eigenvalue weighted by molar-refractivity contribution is 5.62. The van der Waals surface area contributed by atoms with Crippen LogP contribution in [0.5, 0.6) is 11.5 Å². The van der Waals surface area contributed by atoms with E-state index in [0.717, 1.165) is 37.3 Å². The van der Waals surface area contributed by atoms with Crippen molar-refractivity contribution in [1.29, 1.82) is 0 Å². The zero-order valence-corrected chi connectivity index (χ0v) is 17.7. The number of benzene rings is 1. The van der Waals surface area contributed by atoms with E-state index in [1.807, 2.05) is 6.07 Å². The maximum atomic E-state index is 10.7. The first-order chi connectivity index (χ1) is 14.7. The summed E-state index contributed by atoms with van der Waals surface area (Å²) < 4.78 is 6.63. The Hall–Kier alpha value is -2.07. The first-order valence-electron chi connectivity index (χ1n) is 11.9. The average Bonchev–Trinajstić information content (AvgIpc) is 3.13. The van der Waals surface area contributed by atoms with E-state index in [0.29, 0.717) is 23.6 Å². The summed E-state index contributed by atoms with van der Waals surface area (Å²) >= 11 is 0. The first kappa shape index (κ1) is 17.6. The van der Waals surface area contributed by atoms with Crippen LogP contribution in [-0.2, 0) is 18.3 Å². The Morgan fingerprint density at radius 2 is 2.00 bits per heavy atom. The summed E-state index contributed by atoms with van der Waals surface area (Å²) in [6, 6.07) is 6.99. The molecule has 2 aliphatic heterocycles. The number of piperidine rings is 1. The molecule has 4 atom stereocenters. The molecule has 0 unspecified atom stereocenters. The van der Waals surface area contributed by atoms with Crippen molar-refractivity contribution in [2.75, 3.05) is 13.6 Å². The quantitative estimate of drug-likeness (QED) is 0.755. The van der Waals surface area contributed by atoms with Crippen LogP contribution in [0.3, 0.4) is 0 Å². The van der Waals surface area contributed by atoms with Crippen molar-refractivity contribution in [1.82, 2.24) is 9.88 Å². The van der Waals surface area contributed by atoms with Crippen molar-refractivity contribution in [3.8, 4) is 11.5 Å². The molecule has 0 radical (unpaired) electrons. The molecule has 1 aromatic heterocycles. The highest BCUT2D eigenvalue weighted by Crippen LogP contribution is 2.66. The zero-order valence-electron chi connectivity index (χ0n) is 17.7. The number of fused-ring (bicyclic) bond motifs is 2. The number of pyridine rings is 1. The molecule has 1 saturated carbocycles. The molecule has 0 amide bonds. The summed E-state index contributed by atoms with van der Waals surface area (Å²) in [5.41, 5.74) is 6.65. The second kappa shape index (κ2) is 6.00. The third kappa shape index (κ3) is 2.08. The van der Waals surface area contributed by atoms with Crippen LogP contribution in [0.15, 0.2) is 24.4 Å². The SMILES string of the molecule is CN1CC[C@]23c4c5ccc(O)c4O[C@H]2c2ncc(C4CCCCC4)cc2C[C@H]3[C@@H]1C5. The number of hydrogen-bond acceptors (Lipinski definition) is 4. The molecule has 1 N–H and O–H groups in total. The highest BCUT2D eigenvalue weighted by atomic mass is 16.5. The van der Waals surface area contributed by atoms with Crippen molar-refractivity contribution in [3.63, 3.8) is 0 Å². The van der Waals surface area contributed by atoms with Gasteiger partial charge in [0.15, 0.2) is 17.6 Å². The number of nitrogens with zero attached hydrogens (tertiary/aromatic N) is 2. The van der Waals surface area contributed by atoms with E-state index in [-0.39, 0.29) is 11.5 Å². The molecule has 5 aliphatic rings. The number of likely N-dealkylation sites (tertiary alicyclic amines) is 1. The van der Waals surface area contributed by atoms with Crippen molar-refractivity contribution < 1.29 is 9.84 Å². The molecule has 1 aromatic carbocycles. The Balaban J connectivity index is 1.40. The van der Waals surface area contributed by atoms with Crippen molar-refractivity contribution in [2.45, 2.75) is 74.8 Å². The van der Waals surface area contributed by atoms with Crippen molar-refractivity contribution in [3.05, 3.63) is 52.3 Å². The third-order valence-corrected chi connectivity index (χ3v) is 9.18. The van der Waals surface area contributed by atoms with Gasteiger partial charge in [0.25, 0.3) is 0 Å². The Bertz CT molecular complexity index is 1040. The molecule has 2 bridgehead atoms. The third-order valence-electron chi connectivity index (χ3n) is 9.18. The molecule has 30 heavy (non-hydrogen) atoms. The fourth-order valence-electron chi connectivity index (χ4n) is 7.74. The van der Waals surface area contributed by atoms with E-state index < -0.39 is 0 Å². The van der Waals surface area contributed by atoms with E-state index >= 15 is 0 Å². The van der Waals surface area contributed by atoms with E-state index in [4.69, 9.17) is 9.72 Å². The van der Waals surface area contributed by atoms with E-state index in [1.165, 1.54) is 54.4 Å². The minimum absolute atomic E-state index is 0.0226. The van der Waals surface area contributed by atoms with Gasteiger partial charge in [0.2, 0.25) is 0 Å². The first-order valence-corrected chi connectivity index (χ1v) is 11.9. The molecule has 3 heterocycles. The number of ether oxygens (including phenoxy) is 1. The Morgan fingerprint density at radius 1 is 1.13 bits per heavy atom. The van der Waals surface area contributed by atoms with Gasteiger partial charge in [0.05, 0.1) is 5.69 Å². The largest absolute Gasteiger partial charge is 0.504 e. The lowest BCUT2D eigenvalue weighted by Crippen LogP contribution is -2.62. The van der Waals surface area contributed by atoms with Crippen LogP contribution in [0.4, 0.5) is 0 Å². The molecule has 1 spiro atoms. The lowest BCUT2D eigenvalue weighted by Gasteiger charge is -2.57. The number of aromatic hydroxyl groups is 1. The molecule has 3 aliphatic carbocycles. The molecule has 4 heteroatoms. The molecule has 4 nitrogen and oxygen atoms in total. The van der Waals surface area contributed by atoms with Gasteiger partial charge in [-0.1, -0.05) is 31.4 Å². The fraction of sp³-hybridized carbons (Fsp3) is 0.577. The van der Waals surface area contributed by atoms with Gasteiger partial charge in [0, 0.05) is 23.2 Å². The second-order valence-corrected chi connectivity index (χ2v) is 10.4. The standard InChI is InChI=1S/C26H30N2O2/c1-28-10-9-26-19-12-17-11-18(15-5-3-2-4-6-15)14-27-23(17)25(26)30-24-21(29)8-7-16(22(24)26)13-20(19)28/h7-8,11,14-15,19-20,25,29H,2-6,9-10,12-13H2,1H3/t19-,20-,25-,26-/m0/s1. The van der Waals surface area contributed by atoms with Gasteiger partial charge in [0.1, 0.15) is 0 Å². The van der Waals surface area contributed by atoms with Crippen LogP contribution in [0, 0.1) is 5.92 Å². The topological polar surface area (TPSA) is 45.6 Å². The Kier molecular flexibility index (Phi) is 3.52. The van der Waals surface area contributed by atoms with Gasteiger partial charge in [-0.25, -0.2) is 0 Å². The number of hydrogen-bond donors (Lipinski definition) is 1. The van der Waals surface area contributed by atoms with Crippen LogP contribution >= 0.6 is 0 Å². The number of rotatable bonds is 1. The number of likely N-dealkylation sites (N-methyl/N-ethyl adjacent to an activating group) is 1. The van der Waals surface area contributed by atoms with Crippen LogP contribution < -0.4 is 4.74 Å². The van der Waals surface area contributed by atoms with Gasteiger partial charge < -0.3 is 14.7 Å². The summed E-state index contributed by atoms with van der Waals surface area (Å²) in [6.07, 6.45) is 12.0. The van der Waals surface area contributed by atoms with Gasteiger partial charge in [-0.2, -0.15) is 0 Å². The minimum Gasteiger partial charge on any atom is -0.504 e. The normalized spacial score (nSPS) is 34.2. The maximum absolute atomic E-state index is 10.7. The molecular formula is C26H30N2O2. The molecule has 1 saturated heterocycles. The van der Waals surface area contributed by atoms with Crippen LogP contribution in [0.2, 0.25) is 0 Å². The Labute approximate surface area is 178 Å². The second-order valence-electron chi connectivity index (χ2n) is 10.4. The van der Waals surface area contributed by atoms with Crippen molar-refractivity contribution >= 4 is 0 Å². The number of aromatic nitrogens is 1. The summed E-state index contributed by atoms with van der Waals surface area (Å²) in [5, 5.41) is 10.7. The van der Waals surface area contributed by atoms with Crippen molar-refractivity contribution in [2.24, 2.45) is 5.92 Å². The van der Waals surface area contributed by atoms with Crippen LogP contribution in [0.25, 0.3) is 0 Å². The lowest BCUT2D eigenvalue weighted by atomic mass is 9.51. The van der Waals surface area contributed by atoms with E-state index in [2.05, 4.69) is 30.3 Å². The van der Waals surface area contributed by atoms with E-state index in [9.17, 15) is 5.11 Å². The summed E-state index contributed by atoms with van der Waals surface area (Å²) in [4.78, 5) is 7.65. The monoisotopic (exact) mass is 402 g/mol. The highest BCUT2D eigenvalue weighted by Gasteiger charge is 2.64. The average molecular weight is 403 g/mol. The van der Waals surface area contributed by atoms with Crippen LogP contribution in [-0.4, -0.2) is 34.6 Å². The molecule has 2 fully saturated rings. The lowest BCUT2D eigenvalue weighted by molar-refractivity contribution is -0.0261. The maximum Gasteiger partial charge on any atom is 0.166 e. The van der Waals surface area contributed by atoms with Gasteiger partial charge in [-0.05, 0) is 80.3 Å². The fourth-order valence-corrected chi connectivity index (χ4v) is 7.74. The summed E-state index contributed by atoms with van der Waals surface area (Å²) in [6.45, 7) is 1.09. The Morgan fingerprint density at radius 3 is 2.87 bits per heavy atom. The smallest absolute Gasteiger partial charge is 0.166 e. The molecule has 2 aromatic rings. The van der Waals surface area contributed by atoms with Gasteiger partial charge in [-0.3, -0.25) is 4.98 Å².